The number of hydrogen-bond acceptors (Lipinski definition) is 5. The molecule has 0 aliphatic rings. The van der Waals surface area contributed by atoms with Crippen LogP contribution in [-0.4, -0.2) is 28.3 Å². The molecule has 110 valence electrons. The zero-order valence-corrected chi connectivity index (χ0v) is 11.8. The molecule has 0 saturated carbocycles. The van der Waals surface area contributed by atoms with Gasteiger partial charge in [-0.05, 0) is 25.1 Å². The molecule has 1 amide bonds. The molecule has 0 atom stereocenters. The summed E-state index contributed by atoms with van der Waals surface area (Å²) in [5.74, 6) is -0.875. The number of esters is 1. The number of carbonyl (C=O) groups excluding carboxylic acids is 2. The van der Waals surface area contributed by atoms with E-state index >= 15 is 0 Å². The Labute approximate surface area is 121 Å². The first-order valence-electron chi connectivity index (χ1n) is 6.39. The zero-order chi connectivity index (χ0) is 15.4. The summed E-state index contributed by atoms with van der Waals surface area (Å²) in [6.07, 6.45) is 1.55. The molecule has 0 bridgehead atoms. The van der Waals surface area contributed by atoms with Gasteiger partial charge in [-0.15, -0.1) is 0 Å². The zero-order valence-electron chi connectivity index (χ0n) is 11.8. The molecule has 7 nitrogen and oxygen atoms in total. The van der Waals surface area contributed by atoms with Gasteiger partial charge in [-0.25, -0.2) is 4.79 Å². The largest absolute Gasteiger partial charge is 0.462 e. The van der Waals surface area contributed by atoms with Crippen molar-refractivity contribution in [3.05, 3.63) is 41.7 Å². The molecular formula is C14H16N4O3. The number of nitrogens with one attached hydrogen (secondary N) is 1. The molecule has 0 spiro atoms. The molecule has 3 N–H and O–H groups in total. The molecule has 21 heavy (non-hydrogen) atoms. The minimum absolute atomic E-state index is 0.138. The number of anilines is 2. The van der Waals surface area contributed by atoms with Crippen LogP contribution >= 0.6 is 0 Å². The lowest BCUT2D eigenvalue weighted by atomic mass is 10.2. The van der Waals surface area contributed by atoms with E-state index in [1.165, 1.54) is 10.7 Å². The molecule has 2 rings (SSSR count). The summed E-state index contributed by atoms with van der Waals surface area (Å²) in [7, 11) is 1.68. The summed E-state index contributed by atoms with van der Waals surface area (Å²) >= 11 is 0. The van der Waals surface area contributed by atoms with E-state index in [-0.39, 0.29) is 11.4 Å². The highest BCUT2D eigenvalue weighted by atomic mass is 16.5. The fraction of sp³-hybridized carbons (Fsp3) is 0.214. The minimum Gasteiger partial charge on any atom is -0.462 e. The van der Waals surface area contributed by atoms with Crippen LogP contribution in [0.15, 0.2) is 30.5 Å². The maximum atomic E-state index is 12.1. The topological polar surface area (TPSA) is 99.2 Å². The van der Waals surface area contributed by atoms with E-state index in [9.17, 15) is 9.59 Å². The molecule has 7 heteroatoms. The number of nitrogens with two attached hydrogens (primary N) is 1. The molecule has 0 fully saturated rings. The molecule has 1 aromatic carbocycles. The number of nitrogen functional groups attached to an aromatic ring is 1. The highest BCUT2D eigenvalue weighted by Gasteiger charge is 2.15. The second-order valence-electron chi connectivity index (χ2n) is 4.36. The van der Waals surface area contributed by atoms with Crippen molar-refractivity contribution in [1.82, 2.24) is 9.78 Å². The summed E-state index contributed by atoms with van der Waals surface area (Å²) in [5, 5.41) is 6.63. The van der Waals surface area contributed by atoms with Crippen molar-refractivity contribution in [2.24, 2.45) is 7.05 Å². The van der Waals surface area contributed by atoms with Crippen molar-refractivity contribution in [3.63, 3.8) is 0 Å². The monoisotopic (exact) mass is 288 g/mol. The van der Waals surface area contributed by atoms with Gasteiger partial charge in [-0.3, -0.25) is 9.48 Å². The molecule has 0 radical (unpaired) electrons. The molecule has 1 aromatic heterocycles. The molecule has 0 unspecified atom stereocenters. The summed E-state index contributed by atoms with van der Waals surface area (Å²) in [4.78, 5) is 23.7. The third-order valence-electron chi connectivity index (χ3n) is 2.70. The Hall–Kier alpha value is -2.83. The lowest BCUT2D eigenvalue weighted by Gasteiger charge is -2.06. The van der Waals surface area contributed by atoms with E-state index in [0.717, 1.165) is 0 Å². The van der Waals surface area contributed by atoms with Gasteiger partial charge in [0, 0.05) is 18.9 Å². The number of aromatic nitrogens is 2. The van der Waals surface area contributed by atoms with Crippen molar-refractivity contribution in [2.75, 3.05) is 17.7 Å². The second-order valence-corrected chi connectivity index (χ2v) is 4.36. The van der Waals surface area contributed by atoms with Gasteiger partial charge in [0.05, 0.1) is 17.9 Å². The third-order valence-corrected chi connectivity index (χ3v) is 2.70. The first-order chi connectivity index (χ1) is 10.0. The molecule has 2 aromatic rings. The van der Waals surface area contributed by atoms with Crippen molar-refractivity contribution in [2.45, 2.75) is 6.92 Å². The Kier molecular flexibility index (Phi) is 4.22. The van der Waals surface area contributed by atoms with Crippen molar-refractivity contribution in [3.8, 4) is 0 Å². The maximum Gasteiger partial charge on any atom is 0.338 e. The Morgan fingerprint density at radius 1 is 1.43 bits per heavy atom. The van der Waals surface area contributed by atoms with Gasteiger partial charge in [0.15, 0.2) is 5.69 Å². The van der Waals surface area contributed by atoms with Crippen LogP contribution in [0.2, 0.25) is 0 Å². The van der Waals surface area contributed by atoms with Crippen LogP contribution in [-0.2, 0) is 11.8 Å². The van der Waals surface area contributed by atoms with E-state index < -0.39 is 11.9 Å². The number of benzene rings is 1. The summed E-state index contributed by atoms with van der Waals surface area (Å²) in [5.41, 5.74) is 6.95. The highest BCUT2D eigenvalue weighted by Crippen LogP contribution is 2.15. The number of hydrogen-bond donors (Lipinski definition) is 2. The normalized spacial score (nSPS) is 10.2. The summed E-state index contributed by atoms with van der Waals surface area (Å²) in [6, 6.07) is 6.47. The first kappa shape index (κ1) is 14.6. The average molecular weight is 288 g/mol. The van der Waals surface area contributed by atoms with Gasteiger partial charge in [-0.1, -0.05) is 6.07 Å². The predicted octanol–water partition coefficient (Wildman–Crippen LogP) is 1.43. The quantitative estimate of drug-likeness (QED) is 0.829. The van der Waals surface area contributed by atoms with Crippen molar-refractivity contribution >= 4 is 23.3 Å². The van der Waals surface area contributed by atoms with Crippen LogP contribution in [0.5, 0.6) is 0 Å². The molecule has 1 heterocycles. The number of amides is 1. The molecule has 0 saturated heterocycles. The Morgan fingerprint density at radius 3 is 2.81 bits per heavy atom. The van der Waals surface area contributed by atoms with E-state index in [1.807, 2.05) is 0 Å². The van der Waals surface area contributed by atoms with E-state index in [1.54, 1.807) is 38.4 Å². The fourth-order valence-electron chi connectivity index (χ4n) is 1.81. The van der Waals surface area contributed by atoms with Crippen LogP contribution in [0.1, 0.15) is 27.8 Å². The smallest absolute Gasteiger partial charge is 0.338 e. The van der Waals surface area contributed by atoms with Gasteiger partial charge in [0.2, 0.25) is 0 Å². The van der Waals surface area contributed by atoms with Crippen molar-refractivity contribution < 1.29 is 14.3 Å². The van der Waals surface area contributed by atoms with E-state index in [4.69, 9.17) is 10.5 Å². The summed E-state index contributed by atoms with van der Waals surface area (Å²) in [6.45, 7) is 2.02. The standard InChI is InChI=1S/C14H16N4O3/c1-3-21-14(20)9-5-4-6-10(7-9)16-13(19)12-11(15)8-18(2)17-12/h4-8H,3,15H2,1-2H3,(H,16,19). The number of ether oxygens (including phenoxy) is 1. The SMILES string of the molecule is CCOC(=O)c1cccc(NC(=O)c2nn(C)cc2N)c1. The summed E-state index contributed by atoms with van der Waals surface area (Å²) < 4.78 is 6.37. The van der Waals surface area contributed by atoms with Crippen LogP contribution in [0.25, 0.3) is 0 Å². The molecule has 0 aliphatic carbocycles. The second kappa shape index (κ2) is 6.08. The van der Waals surface area contributed by atoms with Gasteiger partial charge in [-0.2, -0.15) is 5.10 Å². The first-order valence-corrected chi connectivity index (χ1v) is 6.39. The average Bonchev–Trinajstić information content (AvgIpc) is 2.78. The van der Waals surface area contributed by atoms with Crippen LogP contribution in [0.3, 0.4) is 0 Å². The highest BCUT2D eigenvalue weighted by molar-refractivity contribution is 6.06. The van der Waals surface area contributed by atoms with Gasteiger partial charge < -0.3 is 15.8 Å². The number of aryl methyl sites for hydroxylation is 1. The Morgan fingerprint density at radius 2 is 2.19 bits per heavy atom. The number of carbonyl (C=O) groups is 2. The fourth-order valence-corrected chi connectivity index (χ4v) is 1.81. The van der Waals surface area contributed by atoms with Crippen molar-refractivity contribution in [1.29, 1.82) is 0 Å². The molecular weight excluding hydrogens is 272 g/mol. The number of nitrogens with zero attached hydrogens (tertiary/aromatic N) is 2. The lowest BCUT2D eigenvalue weighted by molar-refractivity contribution is 0.0526. The number of rotatable bonds is 4. The Balaban J connectivity index is 2.16. The van der Waals surface area contributed by atoms with E-state index in [0.29, 0.717) is 17.9 Å². The molecule has 0 aliphatic heterocycles. The predicted molar refractivity (Wildman–Crippen MR) is 78.0 cm³/mol. The van der Waals surface area contributed by atoms with Gasteiger partial charge >= 0.3 is 5.97 Å². The lowest BCUT2D eigenvalue weighted by Crippen LogP contribution is -2.15. The van der Waals surface area contributed by atoms with Crippen LogP contribution < -0.4 is 11.1 Å². The van der Waals surface area contributed by atoms with Gasteiger partial charge in [0.25, 0.3) is 5.91 Å². The maximum absolute atomic E-state index is 12.1. The van der Waals surface area contributed by atoms with Crippen LogP contribution in [0, 0.1) is 0 Å². The van der Waals surface area contributed by atoms with E-state index in [2.05, 4.69) is 10.4 Å². The third kappa shape index (κ3) is 3.38. The van der Waals surface area contributed by atoms with Gasteiger partial charge in [0.1, 0.15) is 0 Å². The van der Waals surface area contributed by atoms with Crippen LogP contribution in [0.4, 0.5) is 11.4 Å². The minimum atomic E-state index is -0.439. The Bertz CT molecular complexity index is 679.